The third-order valence-electron chi connectivity index (χ3n) is 3.31. The highest BCUT2D eigenvalue weighted by Gasteiger charge is 2.38. The summed E-state index contributed by atoms with van der Waals surface area (Å²) in [7, 11) is 0. The number of halogens is 3. The summed E-state index contributed by atoms with van der Waals surface area (Å²) in [5, 5.41) is 7.12. The minimum absolute atomic E-state index is 0.392. The second-order valence-electron chi connectivity index (χ2n) is 5.00. The van der Waals surface area contributed by atoms with Crippen LogP contribution in [0, 0.1) is 13.8 Å². The number of aryl methyl sites for hydroxylation is 1. The Morgan fingerprint density at radius 3 is 2.08 bits per heavy atom. The van der Waals surface area contributed by atoms with Crippen LogP contribution in [0.1, 0.15) is 21.5 Å². The molecule has 0 atom stereocenters. The number of nitrogens with two attached hydrogens (primary N) is 1. The quantitative estimate of drug-likeness (QED) is 0.875. The lowest BCUT2D eigenvalue weighted by Crippen LogP contribution is -2.21. The molecule has 0 aliphatic heterocycles. The van der Waals surface area contributed by atoms with Crippen molar-refractivity contribution in [1.82, 2.24) is 0 Å². The lowest BCUT2D eigenvalue weighted by molar-refractivity contribution is -0.192. The Kier molecular flexibility index (Phi) is 6.11. The predicted octanol–water partition coefficient (Wildman–Crippen LogP) is 3.70. The number of carboxylic acids is 1. The van der Waals surface area contributed by atoms with Crippen LogP contribution < -0.4 is 5.73 Å². The molecule has 0 bridgehead atoms. The van der Waals surface area contributed by atoms with Gasteiger partial charge in [-0.2, -0.15) is 13.2 Å². The topological polar surface area (TPSA) is 80.4 Å². The van der Waals surface area contributed by atoms with E-state index >= 15 is 0 Å². The lowest BCUT2D eigenvalue weighted by atomic mass is 9.96. The van der Waals surface area contributed by atoms with Crippen molar-refractivity contribution in [3.05, 3.63) is 59.2 Å². The summed E-state index contributed by atoms with van der Waals surface area (Å²) < 4.78 is 31.7. The van der Waals surface area contributed by atoms with Crippen LogP contribution in [0.15, 0.2) is 42.5 Å². The molecule has 2 aromatic carbocycles. The first-order valence-electron chi connectivity index (χ1n) is 6.80. The molecule has 0 radical (unpaired) electrons. The number of carbonyl (C=O) groups is 2. The number of aliphatic carboxylic acids is 1. The molecule has 4 nitrogen and oxygen atoms in total. The number of hydrogen-bond donors (Lipinski definition) is 2. The number of carbonyl (C=O) groups excluding carboxylic acids is 1. The minimum Gasteiger partial charge on any atom is -0.475 e. The van der Waals surface area contributed by atoms with Crippen LogP contribution in [0.2, 0.25) is 0 Å². The third-order valence-corrected chi connectivity index (χ3v) is 3.31. The smallest absolute Gasteiger partial charge is 0.475 e. The molecule has 2 aromatic rings. The molecule has 0 heterocycles. The van der Waals surface area contributed by atoms with Crippen molar-refractivity contribution >= 4 is 11.9 Å². The molecule has 0 aliphatic carbocycles. The zero-order chi connectivity index (χ0) is 18.5. The average molecular weight is 339 g/mol. The van der Waals surface area contributed by atoms with Gasteiger partial charge in [0.1, 0.15) is 0 Å². The van der Waals surface area contributed by atoms with Gasteiger partial charge in [0.25, 0.3) is 0 Å². The minimum atomic E-state index is -5.08. The molecule has 1 amide bonds. The molecule has 3 N–H and O–H groups in total. The van der Waals surface area contributed by atoms with Crippen LogP contribution in [0.25, 0.3) is 11.1 Å². The van der Waals surface area contributed by atoms with Gasteiger partial charge in [0, 0.05) is 5.56 Å². The summed E-state index contributed by atoms with van der Waals surface area (Å²) >= 11 is 0. The number of carboxylic acid groups (broad SMARTS) is 1. The van der Waals surface area contributed by atoms with Gasteiger partial charge in [0.15, 0.2) is 0 Å². The van der Waals surface area contributed by atoms with E-state index in [0.717, 1.165) is 11.1 Å². The van der Waals surface area contributed by atoms with Gasteiger partial charge in [-0.3, -0.25) is 4.79 Å². The SMILES string of the molecule is Cc1cccc(-c2cccc(C(N)=O)c2)c1C.O=C(O)C(F)(F)F. The zero-order valence-corrected chi connectivity index (χ0v) is 13.0. The first kappa shape index (κ1) is 19.2. The Morgan fingerprint density at radius 1 is 1.04 bits per heavy atom. The summed E-state index contributed by atoms with van der Waals surface area (Å²) in [5.74, 6) is -3.15. The third kappa shape index (κ3) is 5.12. The van der Waals surface area contributed by atoms with Crippen molar-refractivity contribution in [2.24, 2.45) is 5.73 Å². The fourth-order valence-electron chi connectivity index (χ4n) is 1.90. The number of hydrogen-bond acceptors (Lipinski definition) is 2. The van der Waals surface area contributed by atoms with E-state index in [0.29, 0.717) is 5.56 Å². The standard InChI is InChI=1S/C15H15NO.C2HF3O2/c1-10-5-3-8-14(11(10)2)12-6-4-7-13(9-12)15(16)17;3-2(4,5)1(6)7/h3-9H,1-2H3,(H2,16,17);(H,6,7). The Morgan fingerprint density at radius 2 is 1.58 bits per heavy atom. The van der Waals surface area contributed by atoms with Gasteiger partial charge >= 0.3 is 12.1 Å². The van der Waals surface area contributed by atoms with Gasteiger partial charge in [0.05, 0.1) is 0 Å². The molecule has 128 valence electrons. The first-order chi connectivity index (χ1) is 11.0. The molecule has 0 fully saturated rings. The summed E-state index contributed by atoms with van der Waals surface area (Å²) in [5.41, 5.74) is 10.5. The predicted molar refractivity (Wildman–Crippen MR) is 83.6 cm³/mol. The molecule has 2 rings (SSSR count). The fraction of sp³-hybridized carbons (Fsp3) is 0.176. The molecule has 0 spiro atoms. The Hall–Kier alpha value is -2.83. The second-order valence-corrected chi connectivity index (χ2v) is 5.00. The number of benzene rings is 2. The molecule has 7 heteroatoms. The van der Waals surface area contributed by atoms with Crippen LogP contribution in [0.4, 0.5) is 13.2 Å². The highest BCUT2D eigenvalue weighted by molar-refractivity contribution is 5.94. The van der Waals surface area contributed by atoms with Crippen molar-refractivity contribution in [2.45, 2.75) is 20.0 Å². The molecule has 0 saturated carbocycles. The molecular weight excluding hydrogens is 323 g/mol. The van der Waals surface area contributed by atoms with E-state index in [-0.39, 0.29) is 0 Å². The highest BCUT2D eigenvalue weighted by Crippen LogP contribution is 2.25. The van der Waals surface area contributed by atoms with Gasteiger partial charge in [0.2, 0.25) is 5.91 Å². The van der Waals surface area contributed by atoms with Crippen molar-refractivity contribution < 1.29 is 27.9 Å². The molecule has 24 heavy (non-hydrogen) atoms. The van der Waals surface area contributed by atoms with E-state index in [1.54, 1.807) is 6.07 Å². The highest BCUT2D eigenvalue weighted by atomic mass is 19.4. The van der Waals surface area contributed by atoms with Crippen molar-refractivity contribution in [3.63, 3.8) is 0 Å². The van der Waals surface area contributed by atoms with Crippen LogP contribution in [-0.2, 0) is 4.79 Å². The Bertz CT molecular complexity index is 755. The van der Waals surface area contributed by atoms with Gasteiger partial charge in [-0.05, 0) is 48.2 Å². The lowest BCUT2D eigenvalue weighted by Gasteiger charge is -2.09. The molecular formula is C17H16F3NO3. The van der Waals surface area contributed by atoms with E-state index in [2.05, 4.69) is 26.0 Å². The van der Waals surface area contributed by atoms with E-state index in [1.165, 1.54) is 11.1 Å². The maximum absolute atomic E-state index is 11.2. The van der Waals surface area contributed by atoms with Gasteiger partial charge < -0.3 is 10.8 Å². The van der Waals surface area contributed by atoms with Crippen LogP contribution in [0.3, 0.4) is 0 Å². The number of alkyl halides is 3. The number of rotatable bonds is 2. The van der Waals surface area contributed by atoms with E-state index in [9.17, 15) is 18.0 Å². The fourth-order valence-corrected chi connectivity index (χ4v) is 1.90. The van der Waals surface area contributed by atoms with Crippen molar-refractivity contribution in [1.29, 1.82) is 0 Å². The molecule has 0 saturated heterocycles. The molecule has 0 unspecified atom stereocenters. The first-order valence-corrected chi connectivity index (χ1v) is 6.80. The number of amides is 1. The van der Waals surface area contributed by atoms with Gasteiger partial charge in [-0.25, -0.2) is 4.79 Å². The summed E-state index contributed by atoms with van der Waals surface area (Å²) in [6.07, 6.45) is -5.08. The van der Waals surface area contributed by atoms with E-state index < -0.39 is 18.1 Å². The summed E-state index contributed by atoms with van der Waals surface area (Å²) in [6, 6.07) is 13.6. The Labute approximate surface area is 136 Å². The summed E-state index contributed by atoms with van der Waals surface area (Å²) in [6.45, 7) is 4.17. The molecule has 0 aliphatic rings. The van der Waals surface area contributed by atoms with E-state index in [1.807, 2.05) is 24.3 Å². The Balaban J connectivity index is 0.000000351. The summed E-state index contributed by atoms with van der Waals surface area (Å²) in [4.78, 5) is 20.1. The molecule has 0 aromatic heterocycles. The largest absolute Gasteiger partial charge is 0.490 e. The second kappa shape index (κ2) is 7.63. The van der Waals surface area contributed by atoms with Gasteiger partial charge in [-0.1, -0.05) is 30.3 Å². The average Bonchev–Trinajstić information content (AvgIpc) is 2.50. The zero-order valence-electron chi connectivity index (χ0n) is 13.0. The van der Waals surface area contributed by atoms with Gasteiger partial charge in [-0.15, -0.1) is 0 Å². The van der Waals surface area contributed by atoms with E-state index in [4.69, 9.17) is 15.6 Å². The maximum Gasteiger partial charge on any atom is 0.490 e. The number of primary amides is 1. The van der Waals surface area contributed by atoms with Crippen LogP contribution >= 0.6 is 0 Å². The normalized spacial score (nSPS) is 10.5. The van der Waals surface area contributed by atoms with Crippen LogP contribution in [0.5, 0.6) is 0 Å². The van der Waals surface area contributed by atoms with Crippen molar-refractivity contribution in [2.75, 3.05) is 0 Å². The van der Waals surface area contributed by atoms with Crippen LogP contribution in [-0.4, -0.2) is 23.2 Å². The van der Waals surface area contributed by atoms with Crippen molar-refractivity contribution in [3.8, 4) is 11.1 Å². The maximum atomic E-state index is 11.2. The monoisotopic (exact) mass is 339 g/mol.